The number of hydrogen-bond acceptors (Lipinski definition) is 4. The van der Waals surface area contributed by atoms with E-state index in [1.165, 1.54) is 22.3 Å². The van der Waals surface area contributed by atoms with Gasteiger partial charge in [0, 0.05) is 60.9 Å². The number of benzene rings is 2. The second kappa shape index (κ2) is 7.95. The summed E-state index contributed by atoms with van der Waals surface area (Å²) in [6.45, 7) is 6.20. The van der Waals surface area contributed by atoms with Gasteiger partial charge in [0.15, 0.2) is 0 Å². The Hall–Kier alpha value is -3.34. The summed E-state index contributed by atoms with van der Waals surface area (Å²) in [4.78, 5) is 9.53. The maximum Gasteiger partial charge on any atom is 0.0723 e. The lowest BCUT2D eigenvalue weighted by molar-refractivity contribution is 0.655. The quantitative estimate of drug-likeness (QED) is 0.545. The molecular weight excluding hydrogens is 358 g/mol. The predicted molar refractivity (Wildman–Crippen MR) is 122 cm³/mol. The number of aromatic nitrogens is 3. The van der Waals surface area contributed by atoms with E-state index in [0.717, 1.165) is 42.8 Å². The molecule has 2 aromatic heterocycles. The molecule has 0 unspecified atom stereocenters. The number of anilines is 2. The number of fused-ring (bicyclic) bond motifs is 1. The van der Waals surface area contributed by atoms with E-state index in [4.69, 9.17) is 0 Å². The van der Waals surface area contributed by atoms with E-state index in [1.807, 2.05) is 18.6 Å². The van der Waals surface area contributed by atoms with E-state index < -0.39 is 0 Å². The number of rotatable bonds is 3. The van der Waals surface area contributed by atoms with Crippen molar-refractivity contribution in [2.24, 2.45) is 0 Å². The Morgan fingerprint density at radius 1 is 0.897 bits per heavy atom. The fourth-order valence-electron chi connectivity index (χ4n) is 4.03. The second-order valence-electron chi connectivity index (χ2n) is 7.36. The Labute approximate surface area is 172 Å². The maximum atomic E-state index is 4.57. The highest BCUT2D eigenvalue weighted by Gasteiger charge is 2.19. The number of aromatic amines is 1. The molecule has 0 atom stereocenters. The Bertz CT molecular complexity index is 1100. The van der Waals surface area contributed by atoms with Gasteiger partial charge in [-0.15, -0.1) is 0 Å². The van der Waals surface area contributed by atoms with Crippen molar-refractivity contribution < 1.29 is 0 Å². The first-order chi connectivity index (χ1) is 13.8. The number of aryl methyl sites for hydroxylation is 1. The lowest BCUT2D eigenvalue weighted by Gasteiger charge is -2.38. The van der Waals surface area contributed by atoms with Crippen LogP contribution in [0.3, 0.4) is 0 Å². The summed E-state index contributed by atoms with van der Waals surface area (Å²) >= 11 is 0. The van der Waals surface area contributed by atoms with Crippen LogP contribution in [0.5, 0.6) is 0 Å². The minimum Gasteiger partial charge on any atom is -0.368 e. The zero-order chi connectivity index (χ0) is 18.9. The number of nitrogens with one attached hydrogen (secondary N) is 1. The summed E-state index contributed by atoms with van der Waals surface area (Å²) in [5.41, 5.74) is 7.19. The van der Waals surface area contributed by atoms with E-state index in [0.29, 0.717) is 0 Å². The molecule has 29 heavy (non-hydrogen) atoms. The molecular formula is C24H27N5. The van der Waals surface area contributed by atoms with Crippen LogP contribution in [0.2, 0.25) is 0 Å². The van der Waals surface area contributed by atoms with Crippen molar-refractivity contribution in [3.05, 3.63) is 72.7 Å². The van der Waals surface area contributed by atoms with Crippen molar-refractivity contribution in [1.29, 1.82) is 0 Å². The third kappa shape index (κ3) is 3.68. The summed E-state index contributed by atoms with van der Waals surface area (Å²) in [5.74, 6) is 0. The number of piperazine rings is 1. The largest absolute Gasteiger partial charge is 0.368 e. The van der Waals surface area contributed by atoms with E-state index in [9.17, 15) is 0 Å². The predicted octanol–water partition coefficient (Wildman–Crippen LogP) is 4.90. The van der Waals surface area contributed by atoms with Crippen molar-refractivity contribution in [1.82, 2.24) is 15.2 Å². The molecule has 3 heterocycles. The molecule has 0 radical (unpaired) electrons. The lowest BCUT2D eigenvalue weighted by Crippen LogP contribution is -2.46. The monoisotopic (exact) mass is 385 g/mol. The highest BCUT2D eigenvalue weighted by molar-refractivity contribution is 5.94. The molecule has 0 aliphatic carbocycles. The number of hydrogen-bond donors (Lipinski definition) is 1. The number of nitrogens with zero attached hydrogens (tertiary/aromatic N) is 4. The van der Waals surface area contributed by atoms with Crippen LogP contribution >= 0.6 is 0 Å². The fraction of sp³-hybridized carbons (Fsp3) is 0.250. The summed E-state index contributed by atoms with van der Waals surface area (Å²) < 4.78 is 0. The van der Waals surface area contributed by atoms with E-state index in [1.54, 1.807) is 0 Å². The minimum absolute atomic E-state index is 0. The van der Waals surface area contributed by atoms with Crippen LogP contribution in [-0.2, 0) is 0 Å². The van der Waals surface area contributed by atoms with E-state index in [2.05, 4.69) is 80.4 Å². The van der Waals surface area contributed by atoms with Gasteiger partial charge in [0.2, 0.25) is 0 Å². The van der Waals surface area contributed by atoms with Gasteiger partial charge in [-0.25, -0.2) is 0 Å². The van der Waals surface area contributed by atoms with Crippen molar-refractivity contribution in [3.63, 3.8) is 0 Å². The number of pyridine rings is 1. The summed E-state index contributed by atoms with van der Waals surface area (Å²) in [7, 11) is 0. The molecule has 1 aliphatic heterocycles. The van der Waals surface area contributed by atoms with Crippen molar-refractivity contribution in [3.8, 4) is 11.1 Å². The van der Waals surface area contributed by atoms with Crippen LogP contribution in [-0.4, -0.2) is 41.4 Å². The van der Waals surface area contributed by atoms with Gasteiger partial charge in [0.1, 0.15) is 0 Å². The first-order valence-electron chi connectivity index (χ1n) is 9.72. The second-order valence-corrected chi connectivity index (χ2v) is 7.36. The Morgan fingerprint density at radius 3 is 2.48 bits per heavy atom. The van der Waals surface area contributed by atoms with Crippen LogP contribution in [0.25, 0.3) is 22.0 Å². The fourth-order valence-corrected chi connectivity index (χ4v) is 4.03. The third-order valence-corrected chi connectivity index (χ3v) is 5.54. The lowest BCUT2D eigenvalue weighted by atomic mass is 10.0. The molecule has 5 heteroatoms. The molecule has 5 nitrogen and oxygen atoms in total. The average molecular weight is 386 g/mol. The summed E-state index contributed by atoms with van der Waals surface area (Å²) in [5, 5.41) is 8.17. The van der Waals surface area contributed by atoms with Crippen molar-refractivity contribution >= 4 is 22.3 Å². The van der Waals surface area contributed by atoms with Crippen molar-refractivity contribution in [2.75, 3.05) is 36.0 Å². The van der Waals surface area contributed by atoms with Gasteiger partial charge >= 0.3 is 0 Å². The normalized spacial score (nSPS) is 14.1. The highest BCUT2D eigenvalue weighted by atomic mass is 15.3. The van der Waals surface area contributed by atoms with Gasteiger partial charge in [-0.1, -0.05) is 25.6 Å². The third-order valence-electron chi connectivity index (χ3n) is 5.54. The molecule has 1 aliphatic rings. The van der Waals surface area contributed by atoms with Crippen LogP contribution in [0, 0.1) is 6.92 Å². The smallest absolute Gasteiger partial charge is 0.0723 e. The summed E-state index contributed by atoms with van der Waals surface area (Å²) in [6, 6.07) is 17.4. The van der Waals surface area contributed by atoms with E-state index >= 15 is 0 Å². The molecule has 0 spiro atoms. The Kier molecular flexibility index (Phi) is 5.21. The van der Waals surface area contributed by atoms with Crippen LogP contribution in [0.4, 0.5) is 11.4 Å². The van der Waals surface area contributed by atoms with Gasteiger partial charge in [0.25, 0.3) is 0 Å². The summed E-state index contributed by atoms with van der Waals surface area (Å²) in [6.07, 6.45) is 5.71. The molecule has 0 saturated carbocycles. The van der Waals surface area contributed by atoms with Crippen LogP contribution in [0.1, 0.15) is 13.0 Å². The van der Waals surface area contributed by atoms with Crippen LogP contribution < -0.4 is 9.80 Å². The molecule has 1 saturated heterocycles. The first-order valence-corrected chi connectivity index (χ1v) is 9.72. The van der Waals surface area contributed by atoms with Gasteiger partial charge in [-0.05, 0) is 48.4 Å². The van der Waals surface area contributed by atoms with Gasteiger partial charge in [0.05, 0.1) is 11.7 Å². The Morgan fingerprint density at radius 2 is 1.72 bits per heavy atom. The topological polar surface area (TPSA) is 48.1 Å². The molecule has 0 amide bonds. The number of H-pyrrole nitrogens is 1. The molecule has 1 N–H and O–H groups in total. The van der Waals surface area contributed by atoms with Gasteiger partial charge in [-0.3, -0.25) is 10.1 Å². The zero-order valence-electron chi connectivity index (χ0n) is 16.0. The van der Waals surface area contributed by atoms with Gasteiger partial charge < -0.3 is 9.80 Å². The molecule has 5 rings (SSSR count). The van der Waals surface area contributed by atoms with Crippen molar-refractivity contribution in [2.45, 2.75) is 14.4 Å². The standard InChI is InChI=1S/C23H23N5.CH4/c1-17-3-2-4-20(13-17)27-9-11-28(12-10-27)23-7-8-24-22-6-5-18(14-21(22)23)19-15-25-26-16-19;/h2-8,13-16H,9-12H2,1H3,(H,25,26);1H4. The van der Waals surface area contributed by atoms with Gasteiger partial charge in [-0.2, -0.15) is 5.10 Å². The maximum absolute atomic E-state index is 4.57. The Balaban J connectivity index is 0.00000205. The molecule has 4 aromatic rings. The SMILES string of the molecule is C.Cc1cccc(N2CCN(c3ccnc4ccc(-c5cn[nH]c5)cc34)CC2)c1. The zero-order valence-corrected chi connectivity index (χ0v) is 16.0. The van der Waals surface area contributed by atoms with E-state index in [-0.39, 0.29) is 7.43 Å². The molecule has 148 valence electrons. The molecule has 2 aromatic carbocycles. The molecule has 1 fully saturated rings. The molecule has 0 bridgehead atoms. The highest BCUT2D eigenvalue weighted by Crippen LogP contribution is 2.31. The first kappa shape index (κ1) is 19.0. The minimum atomic E-state index is 0. The van der Waals surface area contributed by atoms with Crippen LogP contribution in [0.15, 0.2) is 67.1 Å². The average Bonchev–Trinajstić information content (AvgIpc) is 3.28.